The van der Waals surface area contributed by atoms with Crippen molar-refractivity contribution in [2.75, 3.05) is 29.9 Å². The van der Waals surface area contributed by atoms with Gasteiger partial charge in [-0.05, 0) is 44.0 Å². The van der Waals surface area contributed by atoms with Crippen LogP contribution >= 0.6 is 0 Å². The minimum atomic E-state index is -2.59. The average Bonchev–Trinajstić information content (AvgIpc) is 3.06. The molecule has 1 N–H and O–H groups in total. The number of nitrogens with one attached hydrogen (secondary N) is 1. The number of alkyl halides is 2. The molecule has 2 saturated heterocycles. The molecule has 2 fully saturated rings. The predicted molar refractivity (Wildman–Crippen MR) is 113 cm³/mol. The molecule has 166 valence electrons. The topological polar surface area (TPSA) is 70.6 Å². The number of anilines is 2. The first-order valence-electron chi connectivity index (χ1n) is 10.6. The molecule has 0 spiro atoms. The fourth-order valence-corrected chi connectivity index (χ4v) is 4.02. The van der Waals surface area contributed by atoms with E-state index in [9.17, 15) is 13.6 Å². The third-order valence-electron chi connectivity index (χ3n) is 5.68. The highest BCUT2D eigenvalue weighted by molar-refractivity contribution is 5.89. The number of aromatic nitrogens is 2. The normalized spacial score (nSPS) is 22.3. The molecule has 3 heterocycles. The Bertz CT molecular complexity index is 924. The summed E-state index contributed by atoms with van der Waals surface area (Å²) in [5.41, 5.74) is 2.03. The van der Waals surface area contributed by atoms with Crippen LogP contribution in [0, 0.1) is 0 Å². The van der Waals surface area contributed by atoms with E-state index in [4.69, 9.17) is 4.74 Å². The number of hydrogen-bond acceptors (Lipinski definition) is 6. The van der Waals surface area contributed by atoms with Crippen molar-refractivity contribution < 1.29 is 18.3 Å². The van der Waals surface area contributed by atoms with Crippen LogP contribution in [0.4, 0.5) is 25.3 Å². The van der Waals surface area contributed by atoms with E-state index in [1.165, 1.54) is 4.90 Å². The molecule has 0 saturated carbocycles. The number of carbonyl (C=O) groups excluding carboxylic acids is 1. The third-order valence-corrected chi connectivity index (χ3v) is 5.68. The van der Waals surface area contributed by atoms with Gasteiger partial charge in [-0.25, -0.2) is 18.6 Å². The lowest BCUT2D eigenvalue weighted by molar-refractivity contribution is -0.0661. The minimum Gasteiger partial charge on any atom is -0.447 e. The number of ether oxygens (including phenoxy) is 1. The van der Waals surface area contributed by atoms with E-state index in [1.807, 2.05) is 43.0 Å². The number of piperidine rings is 1. The number of halogens is 2. The first kappa shape index (κ1) is 21.4. The number of benzene rings is 1. The standard InChI is InChI=1S/C22H27F2N5O2/c1-15-13-31-21(30)29(15)19-8-10-25-20(27-19)26-16(2)18-6-4-17(5-7-18)12-28-11-3-9-22(23,24)14-28/h4-8,10,15-16H,3,9,11-14H2,1-2H3,(H,25,26,27)/t15-,16-/m0/s1. The van der Waals surface area contributed by atoms with Crippen LogP contribution in [0.25, 0.3) is 0 Å². The van der Waals surface area contributed by atoms with E-state index in [1.54, 1.807) is 12.3 Å². The van der Waals surface area contributed by atoms with Gasteiger partial charge in [0.1, 0.15) is 12.4 Å². The summed E-state index contributed by atoms with van der Waals surface area (Å²) < 4.78 is 32.3. The van der Waals surface area contributed by atoms with Crippen LogP contribution < -0.4 is 10.2 Å². The summed E-state index contributed by atoms with van der Waals surface area (Å²) in [7, 11) is 0. The largest absolute Gasteiger partial charge is 0.447 e. The maximum absolute atomic E-state index is 13.6. The van der Waals surface area contributed by atoms with E-state index in [-0.39, 0.29) is 25.0 Å². The van der Waals surface area contributed by atoms with Gasteiger partial charge < -0.3 is 10.1 Å². The highest BCUT2D eigenvalue weighted by Crippen LogP contribution is 2.28. The first-order valence-corrected chi connectivity index (χ1v) is 10.6. The van der Waals surface area contributed by atoms with Crippen molar-refractivity contribution >= 4 is 17.9 Å². The molecule has 1 aromatic carbocycles. The Balaban J connectivity index is 1.38. The van der Waals surface area contributed by atoms with Gasteiger partial charge in [-0.2, -0.15) is 4.98 Å². The van der Waals surface area contributed by atoms with Crippen molar-refractivity contribution in [3.63, 3.8) is 0 Å². The Morgan fingerprint density at radius 2 is 2.06 bits per heavy atom. The molecular formula is C22H27F2N5O2. The second-order valence-corrected chi connectivity index (χ2v) is 8.31. The quantitative estimate of drug-likeness (QED) is 0.738. The SMILES string of the molecule is C[C@H](Nc1nccc(N2C(=O)OC[C@@H]2C)n1)c1ccc(CN2CCCC(F)(F)C2)cc1. The zero-order chi connectivity index (χ0) is 22.0. The molecule has 0 bridgehead atoms. The summed E-state index contributed by atoms with van der Waals surface area (Å²) in [5, 5.41) is 3.25. The van der Waals surface area contributed by atoms with E-state index < -0.39 is 12.0 Å². The van der Waals surface area contributed by atoms with Gasteiger partial charge in [-0.15, -0.1) is 0 Å². The van der Waals surface area contributed by atoms with Crippen molar-refractivity contribution in [1.82, 2.24) is 14.9 Å². The fraction of sp³-hybridized carbons (Fsp3) is 0.500. The van der Waals surface area contributed by atoms with E-state index >= 15 is 0 Å². The molecule has 31 heavy (non-hydrogen) atoms. The Morgan fingerprint density at radius 3 is 2.74 bits per heavy atom. The second kappa shape index (κ2) is 8.74. The van der Waals surface area contributed by atoms with Crippen molar-refractivity contribution in [3.8, 4) is 0 Å². The molecule has 0 unspecified atom stereocenters. The second-order valence-electron chi connectivity index (χ2n) is 8.31. The zero-order valence-electron chi connectivity index (χ0n) is 17.7. The Kier molecular flexibility index (Phi) is 6.04. The molecule has 2 aliphatic heterocycles. The molecule has 2 aliphatic rings. The molecule has 0 radical (unpaired) electrons. The summed E-state index contributed by atoms with van der Waals surface area (Å²) in [6.45, 7) is 5.27. The summed E-state index contributed by atoms with van der Waals surface area (Å²) in [6.07, 6.45) is 1.70. The van der Waals surface area contributed by atoms with Crippen LogP contribution in [0.5, 0.6) is 0 Å². The average molecular weight is 431 g/mol. The van der Waals surface area contributed by atoms with Crippen LogP contribution in [0.2, 0.25) is 0 Å². The van der Waals surface area contributed by atoms with Crippen LogP contribution in [0.15, 0.2) is 36.5 Å². The monoisotopic (exact) mass is 431 g/mol. The van der Waals surface area contributed by atoms with Crippen molar-refractivity contribution in [2.24, 2.45) is 0 Å². The Hall–Kier alpha value is -2.81. The van der Waals surface area contributed by atoms with Crippen LogP contribution in [0.1, 0.15) is 43.9 Å². The number of nitrogens with zero attached hydrogens (tertiary/aromatic N) is 4. The Labute approximate surface area is 180 Å². The van der Waals surface area contributed by atoms with Crippen molar-refractivity contribution in [1.29, 1.82) is 0 Å². The van der Waals surface area contributed by atoms with Gasteiger partial charge in [-0.3, -0.25) is 9.80 Å². The van der Waals surface area contributed by atoms with Crippen molar-refractivity contribution in [3.05, 3.63) is 47.7 Å². The number of cyclic esters (lactones) is 1. The van der Waals surface area contributed by atoms with Gasteiger partial charge in [0.05, 0.1) is 18.6 Å². The highest BCUT2D eigenvalue weighted by atomic mass is 19.3. The number of hydrogen-bond donors (Lipinski definition) is 1. The highest BCUT2D eigenvalue weighted by Gasteiger charge is 2.35. The maximum atomic E-state index is 13.6. The van der Waals surface area contributed by atoms with Crippen LogP contribution in [-0.2, 0) is 11.3 Å². The number of likely N-dealkylation sites (tertiary alicyclic amines) is 1. The molecule has 2 aromatic rings. The van der Waals surface area contributed by atoms with E-state index in [0.29, 0.717) is 37.9 Å². The molecule has 0 aliphatic carbocycles. The summed E-state index contributed by atoms with van der Waals surface area (Å²) in [4.78, 5) is 24.0. The van der Waals surface area contributed by atoms with Gasteiger partial charge in [-0.1, -0.05) is 24.3 Å². The molecular weight excluding hydrogens is 404 g/mol. The predicted octanol–water partition coefficient (Wildman–Crippen LogP) is 4.23. The molecule has 1 aromatic heterocycles. The summed E-state index contributed by atoms with van der Waals surface area (Å²) in [6, 6.07) is 9.43. The lowest BCUT2D eigenvalue weighted by atomic mass is 10.0. The van der Waals surface area contributed by atoms with Crippen molar-refractivity contribution in [2.45, 2.75) is 51.2 Å². The molecule has 7 nitrogen and oxygen atoms in total. The first-order chi connectivity index (χ1) is 14.8. The lowest BCUT2D eigenvalue weighted by Gasteiger charge is -2.32. The van der Waals surface area contributed by atoms with Crippen LogP contribution in [0.3, 0.4) is 0 Å². The van der Waals surface area contributed by atoms with Gasteiger partial charge in [0.2, 0.25) is 5.95 Å². The summed E-state index contributed by atoms with van der Waals surface area (Å²) >= 11 is 0. The maximum Gasteiger partial charge on any atom is 0.415 e. The molecule has 2 atom stereocenters. The fourth-order valence-electron chi connectivity index (χ4n) is 4.02. The van der Waals surface area contributed by atoms with Gasteiger partial charge in [0.25, 0.3) is 5.92 Å². The van der Waals surface area contributed by atoms with Gasteiger partial charge in [0, 0.05) is 19.2 Å². The minimum absolute atomic E-state index is 0.0211. The third kappa shape index (κ3) is 5.10. The lowest BCUT2D eigenvalue weighted by Crippen LogP contribution is -2.41. The van der Waals surface area contributed by atoms with E-state index in [0.717, 1.165) is 11.1 Å². The van der Waals surface area contributed by atoms with Crippen LogP contribution in [-0.4, -0.2) is 52.6 Å². The summed E-state index contributed by atoms with van der Waals surface area (Å²) in [5.74, 6) is -1.68. The number of carbonyl (C=O) groups is 1. The molecule has 9 heteroatoms. The van der Waals surface area contributed by atoms with Gasteiger partial charge >= 0.3 is 6.09 Å². The molecule has 1 amide bonds. The van der Waals surface area contributed by atoms with Gasteiger partial charge in [0.15, 0.2) is 0 Å². The zero-order valence-corrected chi connectivity index (χ0v) is 17.7. The number of amides is 1. The Morgan fingerprint density at radius 1 is 1.29 bits per heavy atom. The number of rotatable bonds is 6. The smallest absolute Gasteiger partial charge is 0.415 e. The van der Waals surface area contributed by atoms with E-state index in [2.05, 4.69) is 15.3 Å². The molecule has 4 rings (SSSR count).